The molecule has 0 aliphatic heterocycles. The van der Waals surface area contributed by atoms with E-state index in [4.69, 9.17) is 19.3 Å². The van der Waals surface area contributed by atoms with Gasteiger partial charge in [0.15, 0.2) is 12.6 Å². The van der Waals surface area contributed by atoms with E-state index in [0.717, 1.165) is 6.42 Å². The van der Waals surface area contributed by atoms with Crippen LogP contribution in [0.3, 0.4) is 0 Å². The molecule has 1 N–H and O–H groups in total. The quantitative estimate of drug-likeness (QED) is 0.605. The Morgan fingerprint density at radius 3 is 2.36 bits per heavy atom. The van der Waals surface area contributed by atoms with Gasteiger partial charge in [-0.1, -0.05) is 6.92 Å². The molecule has 14 heavy (non-hydrogen) atoms. The number of carboxylic acids is 1. The number of hydrogen-bond acceptors (Lipinski definition) is 4. The minimum absolute atomic E-state index is 0.359. The minimum atomic E-state index is -1.01. The third kappa shape index (κ3) is 7.97. The fourth-order valence-corrected chi connectivity index (χ4v) is 0.821. The molecule has 0 bridgehead atoms. The predicted octanol–water partition coefficient (Wildman–Crippen LogP) is 1.22. The first-order valence-electron chi connectivity index (χ1n) is 4.66. The van der Waals surface area contributed by atoms with Crippen LogP contribution in [0.1, 0.15) is 27.2 Å². The van der Waals surface area contributed by atoms with Crippen molar-refractivity contribution in [3.63, 3.8) is 0 Å². The maximum absolute atomic E-state index is 10.1. The van der Waals surface area contributed by atoms with Gasteiger partial charge in [-0.3, -0.25) is 0 Å². The van der Waals surface area contributed by atoms with Crippen molar-refractivity contribution in [2.75, 3.05) is 13.2 Å². The molecule has 0 amide bonds. The van der Waals surface area contributed by atoms with Crippen molar-refractivity contribution in [2.45, 2.75) is 39.8 Å². The van der Waals surface area contributed by atoms with E-state index in [1.165, 1.54) is 0 Å². The Kier molecular flexibility index (Phi) is 7.37. The van der Waals surface area contributed by atoms with Gasteiger partial charge in [0.25, 0.3) is 0 Å². The average Bonchev–Trinajstić information content (AvgIpc) is 2.11. The Morgan fingerprint density at radius 1 is 1.29 bits per heavy atom. The first-order chi connectivity index (χ1) is 6.56. The molecule has 0 aromatic heterocycles. The number of rotatable bonds is 8. The molecule has 0 radical (unpaired) electrons. The van der Waals surface area contributed by atoms with Crippen molar-refractivity contribution < 1.29 is 24.1 Å². The zero-order chi connectivity index (χ0) is 11.0. The molecule has 0 saturated heterocycles. The van der Waals surface area contributed by atoms with Crippen LogP contribution in [0.2, 0.25) is 0 Å². The molecule has 0 heterocycles. The smallest absolute Gasteiger partial charge is 0.329 e. The highest BCUT2D eigenvalue weighted by molar-refractivity contribution is 5.67. The maximum Gasteiger partial charge on any atom is 0.329 e. The van der Waals surface area contributed by atoms with Crippen LogP contribution in [0.25, 0.3) is 0 Å². The zero-order valence-corrected chi connectivity index (χ0v) is 8.86. The summed E-state index contributed by atoms with van der Waals surface area (Å²) in [6.07, 6.45) is -0.0328. The van der Waals surface area contributed by atoms with Crippen molar-refractivity contribution in [3.8, 4) is 0 Å². The molecule has 0 fully saturated rings. The summed E-state index contributed by atoms with van der Waals surface area (Å²) in [5.41, 5.74) is 0. The Labute approximate surface area is 84.0 Å². The third-order valence-electron chi connectivity index (χ3n) is 1.38. The molecule has 0 saturated carbocycles. The fourth-order valence-electron chi connectivity index (χ4n) is 0.821. The van der Waals surface area contributed by atoms with E-state index in [-0.39, 0.29) is 12.9 Å². The van der Waals surface area contributed by atoms with Crippen molar-refractivity contribution in [3.05, 3.63) is 0 Å². The minimum Gasteiger partial charge on any atom is -0.480 e. The fraction of sp³-hybridized carbons (Fsp3) is 0.889. The second-order valence-electron chi connectivity index (χ2n) is 2.85. The molecule has 2 atom stereocenters. The lowest BCUT2D eigenvalue weighted by molar-refractivity contribution is -0.232. The summed E-state index contributed by atoms with van der Waals surface area (Å²) in [6, 6.07) is 0. The number of carboxylic acid groups (broad SMARTS) is 1. The molecule has 0 aromatic rings. The topological polar surface area (TPSA) is 65.0 Å². The molecule has 0 spiro atoms. The van der Waals surface area contributed by atoms with Gasteiger partial charge < -0.3 is 19.3 Å². The molecule has 0 aliphatic rings. The lowest BCUT2D eigenvalue weighted by Crippen LogP contribution is -2.24. The van der Waals surface area contributed by atoms with E-state index >= 15 is 0 Å². The standard InChI is InChI=1S/C9H18O5/c1-4-5-12-7(2)14-8(3)13-6-9(10)11/h7-8H,4-6H2,1-3H3,(H,10,11). The highest BCUT2D eigenvalue weighted by atomic mass is 16.8. The zero-order valence-electron chi connectivity index (χ0n) is 8.86. The van der Waals surface area contributed by atoms with Gasteiger partial charge in [-0.2, -0.15) is 0 Å². The Bertz CT molecular complexity index is 159. The molecule has 84 valence electrons. The summed E-state index contributed by atoms with van der Waals surface area (Å²) in [4.78, 5) is 10.1. The number of aliphatic carboxylic acids is 1. The second kappa shape index (κ2) is 7.73. The van der Waals surface area contributed by atoms with Crippen LogP contribution in [0.5, 0.6) is 0 Å². The van der Waals surface area contributed by atoms with E-state index in [1.54, 1.807) is 13.8 Å². The summed E-state index contributed by atoms with van der Waals surface area (Å²) < 4.78 is 15.3. The molecule has 0 aromatic carbocycles. The van der Waals surface area contributed by atoms with Crippen LogP contribution < -0.4 is 0 Å². The van der Waals surface area contributed by atoms with Crippen LogP contribution in [0.15, 0.2) is 0 Å². The Hall–Kier alpha value is -0.650. The lowest BCUT2D eigenvalue weighted by atomic mass is 10.5. The maximum atomic E-state index is 10.1. The molecular formula is C9H18O5. The van der Waals surface area contributed by atoms with Gasteiger partial charge in [0.2, 0.25) is 0 Å². The molecular weight excluding hydrogens is 188 g/mol. The van der Waals surface area contributed by atoms with Gasteiger partial charge in [0.05, 0.1) is 0 Å². The lowest BCUT2D eigenvalue weighted by Gasteiger charge is -2.18. The van der Waals surface area contributed by atoms with E-state index in [2.05, 4.69) is 0 Å². The second-order valence-corrected chi connectivity index (χ2v) is 2.85. The van der Waals surface area contributed by atoms with E-state index < -0.39 is 12.3 Å². The average molecular weight is 206 g/mol. The first kappa shape index (κ1) is 13.4. The van der Waals surface area contributed by atoms with Crippen LogP contribution in [-0.4, -0.2) is 36.9 Å². The number of hydrogen-bond donors (Lipinski definition) is 1. The van der Waals surface area contributed by atoms with Crippen LogP contribution in [0, 0.1) is 0 Å². The molecule has 5 heteroatoms. The molecule has 5 nitrogen and oxygen atoms in total. The van der Waals surface area contributed by atoms with Gasteiger partial charge in [-0.15, -0.1) is 0 Å². The summed E-state index contributed by atoms with van der Waals surface area (Å²) in [5.74, 6) is -1.01. The summed E-state index contributed by atoms with van der Waals surface area (Å²) in [5, 5.41) is 8.33. The first-order valence-corrected chi connectivity index (χ1v) is 4.66. The largest absolute Gasteiger partial charge is 0.480 e. The summed E-state index contributed by atoms with van der Waals surface area (Å²) >= 11 is 0. The van der Waals surface area contributed by atoms with Gasteiger partial charge in [0.1, 0.15) is 6.61 Å². The molecule has 0 aliphatic carbocycles. The van der Waals surface area contributed by atoms with E-state index in [0.29, 0.717) is 6.61 Å². The van der Waals surface area contributed by atoms with Crippen molar-refractivity contribution >= 4 is 5.97 Å². The van der Waals surface area contributed by atoms with Crippen LogP contribution in [-0.2, 0) is 19.0 Å². The monoisotopic (exact) mass is 206 g/mol. The van der Waals surface area contributed by atoms with Crippen LogP contribution >= 0.6 is 0 Å². The normalized spacial score (nSPS) is 15.1. The summed E-state index contributed by atoms with van der Waals surface area (Å²) in [7, 11) is 0. The Morgan fingerprint density at radius 2 is 1.86 bits per heavy atom. The highest BCUT2D eigenvalue weighted by Crippen LogP contribution is 2.01. The van der Waals surface area contributed by atoms with Gasteiger partial charge in [-0.05, 0) is 20.3 Å². The van der Waals surface area contributed by atoms with E-state index in [9.17, 15) is 4.79 Å². The molecule has 2 unspecified atom stereocenters. The van der Waals surface area contributed by atoms with E-state index in [1.807, 2.05) is 6.92 Å². The third-order valence-corrected chi connectivity index (χ3v) is 1.38. The van der Waals surface area contributed by atoms with Crippen molar-refractivity contribution in [2.24, 2.45) is 0 Å². The molecule has 0 rings (SSSR count). The number of carbonyl (C=O) groups is 1. The highest BCUT2D eigenvalue weighted by Gasteiger charge is 2.09. The van der Waals surface area contributed by atoms with Gasteiger partial charge >= 0.3 is 5.97 Å². The van der Waals surface area contributed by atoms with Gasteiger partial charge in [0, 0.05) is 6.61 Å². The SMILES string of the molecule is CCCOC(C)OC(C)OCC(=O)O. The van der Waals surface area contributed by atoms with Crippen molar-refractivity contribution in [1.82, 2.24) is 0 Å². The summed E-state index contributed by atoms with van der Waals surface area (Å²) in [6.45, 7) is 5.64. The predicted molar refractivity (Wildman–Crippen MR) is 49.8 cm³/mol. The Balaban J connectivity index is 3.49. The number of ether oxygens (including phenoxy) is 3. The van der Waals surface area contributed by atoms with Gasteiger partial charge in [-0.25, -0.2) is 4.79 Å². The van der Waals surface area contributed by atoms with Crippen LogP contribution in [0.4, 0.5) is 0 Å². The van der Waals surface area contributed by atoms with Crippen molar-refractivity contribution in [1.29, 1.82) is 0 Å².